The molecule has 0 radical (unpaired) electrons. The molecule has 0 unspecified atom stereocenters. The summed E-state index contributed by atoms with van der Waals surface area (Å²) in [5, 5.41) is 8.68. The van der Waals surface area contributed by atoms with Gasteiger partial charge < -0.3 is 14.7 Å². The monoisotopic (exact) mass is 458 g/mol. The van der Waals surface area contributed by atoms with Crippen LogP contribution in [0.4, 0.5) is 11.6 Å². The van der Waals surface area contributed by atoms with Gasteiger partial charge in [-0.3, -0.25) is 4.90 Å². The molecule has 33 heavy (non-hydrogen) atoms. The van der Waals surface area contributed by atoms with Crippen LogP contribution in [-0.2, 0) is 0 Å². The van der Waals surface area contributed by atoms with Crippen molar-refractivity contribution in [2.75, 3.05) is 44.2 Å². The van der Waals surface area contributed by atoms with E-state index in [0.717, 1.165) is 73.2 Å². The minimum Gasteiger partial charge on any atom is -0.337 e. The Balaban J connectivity index is 1.58. The van der Waals surface area contributed by atoms with Gasteiger partial charge in [-0.1, -0.05) is 77.4 Å². The molecule has 1 aromatic heterocycles. The molecular formula is C27H27ClN4O. The van der Waals surface area contributed by atoms with Crippen LogP contribution < -0.4 is 10.2 Å². The quantitative estimate of drug-likeness (QED) is 0.384. The van der Waals surface area contributed by atoms with Crippen LogP contribution in [0.3, 0.4) is 0 Å². The van der Waals surface area contributed by atoms with E-state index in [1.807, 2.05) is 48.5 Å². The highest BCUT2D eigenvalue weighted by molar-refractivity contribution is 6.30. The summed E-state index contributed by atoms with van der Waals surface area (Å²) in [7, 11) is 0. The van der Waals surface area contributed by atoms with E-state index in [2.05, 4.69) is 56.7 Å². The molecule has 1 N–H and O–H groups in total. The number of nitrogens with zero attached hydrogens (tertiary/aromatic N) is 3. The van der Waals surface area contributed by atoms with E-state index in [1.165, 1.54) is 0 Å². The highest BCUT2D eigenvalue weighted by Crippen LogP contribution is 2.42. The number of hydrogen-bond acceptors (Lipinski definition) is 5. The third-order valence-electron chi connectivity index (χ3n) is 6.02. The van der Waals surface area contributed by atoms with Crippen LogP contribution in [-0.4, -0.2) is 49.3 Å². The molecular weight excluding hydrogens is 432 g/mol. The molecule has 0 saturated carbocycles. The van der Waals surface area contributed by atoms with Crippen molar-refractivity contribution in [1.29, 1.82) is 0 Å². The Hall–Kier alpha value is -3.12. The molecule has 4 aromatic rings. The maximum absolute atomic E-state index is 6.15. The van der Waals surface area contributed by atoms with Crippen molar-refractivity contribution < 1.29 is 4.52 Å². The molecule has 1 aliphatic rings. The number of rotatable bonds is 7. The van der Waals surface area contributed by atoms with Crippen LogP contribution in [0.25, 0.3) is 22.4 Å². The van der Waals surface area contributed by atoms with Crippen molar-refractivity contribution >= 4 is 23.2 Å². The van der Waals surface area contributed by atoms with Gasteiger partial charge in [0.15, 0.2) is 0 Å². The van der Waals surface area contributed by atoms with Gasteiger partial charge in [0.05, 0.1) is 5.56 Å². The van der Waals surface area contributed by atoms with E-state index >= 15 is 0 Å². The summed E-state index contributed by atoms with van der Waals surface area (Å²) in [4.78, 5) is 4.74. The normalized spacial score (nSPS) is 14.3. The summed E-state index contributed by atoms with van der Waals surface area (Å²) in [6, 6.07) is 28.5. The van der Waals surface area contributed by atoms with Gasteiger partial charge in [-0.05, 0) is 29.8 Å². The lowest BCUT2D eigenvalue weighted by Gasteiger charge is -2.30. The maximum atomic E-state index is 6.15. The molecule has 0 aliphatic carbocycles. The third kappa shape index (κ3) is 4.96. The standard InChI is InChI=1S/C27H27ClN4O/c28-23-13-11-22(12-14-23)26-25(21-7-3-1-4-8-21)27(33-30-26)32(24-9-5-2-6-10-24)20-19-31-17-15-29-16-18-31/h1-14,29H,15-20H2. The van der Waals surface area contributed by atoms with Gasteiger partial charge in [-0.15, -0.1) is 0 Å². The van der Waals surface area contributed by atoms with E-state index in [9.17, 15) is 0 Å². The lowest BCUT2D eigenvalue weighted by molar-refractivity contribution is 0.246. The topological polar surface area (TPSA) is 44.5 Å². The third-order valence-corrected chi connectivity index (χ3v) is 6.27. The average Bonchev–Trinajstić information content (AvgIpc) is 3.31. The zero-order valence-electron chi connectivity index (χ0n) is 18.5. The Kier molecular flexibility index (Phi) is 6.72. The zero-order valence-corrected chi connectivity index (χ0v) is 19.2. The molecule has 1 saturated heterocycles. The summed E-state index contributed by atoms with van der Waals surface area (Å²) >= 11 is 6.15. The summed E-state index contributed by atoms with van der Waals surface area (Å²) in [5.41, 5.74) is 4.94. The summed E-state index contributed by atoms with van der Waals surface area (Å²) < 4.78 is 6.10. The SMILES string of the molecule is Clc1ccc(-c2noc(N(CCN3CCNCC3)c3ccccc3)c2-c2ccccc2)cc1. The molecule has 0 bridgehead atoms. The van der Waals surface area contributed by atoms with Gasteiger partial charge in [0.1, 0.15) is 5.69 Å². The van der Waals surface area contributed by atoms with Gasteiger partial charge in [0, 0.05) is 55.5 Å². The molecule has 0 spiro atoms. The first-order chi connectivity index (χ1) is 16.3. The Morgan fingerprint density at radius 3 is 2.21 bits per heavy atom. The van der Waals surface area contributed by atoms with Crippen LogP contribution in [0.2, 0.25) is 5.02 Å². The molecule has 5 rings (SSSR count). The van der Waals surface area contributed by atoms with Crippen LogP contribution >= 0.6 is 11.6 Å². The minimum atomic E-state index is 0.700. The first-order valence-corrected chi connectivity index (χ1v) is 11.7. The van der Waals surface area contributed by atoms with Crippen LogP contribution in [0.5, 0.6) is 0 Å². The Morgan fingerprint density at radius 1 is 0.848 bits per heavy atom. The van der Waals surface area contributed by atoms with Gasteiger partial charge in [0.2, 0.25) is 5.88 Å². The predicted octanol–water partition coefficient (Wildman–Crippen LogP) is 5.71. The molecule has 3 aromatic carbocycles. The number of anilines is 2. The molecule has 5 nitrogen and oxygen atoms in total. The van der Waals surface area contributed by atoms with E-state index in [-0.39, 0.29) is 0 Å². The molecule has 6 heteroatoms. The minimum absolute atomic E-state index is 0.700. The number of nitrogens with one attached hydrogen (secondary N) is 1. The second-order valence-electron chi connectivity index (χ2n) is 8.16. The molecule has 0 amide bonds. The Morgan fingerprint density at radius 2 is 1.52 bits per heavy atom. The van der Waals surface area contributed by atoms with E-state index < -0.39 is 0 Å². The van der Waals surface area contributed by atoms with Gasteiger partial charge in [0.25, 0.3) is 0 Å². The maximum Gasteiger partial charge on any atom is 0.240 e. The van der Waals surface area contributed by atoms with E-state index in [4.69, 9.17) is 16.1 Å². The van der Waals surface area contributed by atoms with Crippen molar-refractivity contribution in [3.63, 3.8) is 0 Å². The number of para-hydroxylation sites is 1. The van der Waals surface area contributed by atoms with Crippen molar-refractivity contribution in [1.82, 2.24) is 15.4 Å². The second-order valence-corrected chi connectivity index (χ2v) is 8.60. The molecule has 0 atom stereocenters. The van der Waals surface area contributed by atoms with Crippen molar-refractivity contribution in [3.05, 3.63) is 90.0 Å². The highest BCUT2D eigenvalue weighted by atomic mass is 35.5. The molecule has 168 valence electrons. The number of hydrogen-bond donors (Lipinski definition) is 1. The summed E-state index contributed by atoms with van der Waals surface area (Å²) in [6.07, 6.45) is 0. The summed E-state index contributed by atoms with van der Waals surface area (Å²) in [5.74, 6) is 0.757. The number of halogens is 1. The van der Waals surface area contributed by atoms with Crippen molar-refractivity contribution in [3.8, 4) is 22.4 Å². The fourth-order valence-corrected chi connectivity index (χ4v) is 4.39. The second kappa shape index (κ2) is 10.2. The largest absolute Gasteiger partial charge is 0.337 e. The Bertz CT molecular complexity index is 1160. The lowest BCUT2D eigenvalue weighted by atomic mass is 10.0. The van der Waals surface area contributed by atoms with Gasteiger partial charge >= 0.3 is 0 Å². The molecule has 1 fully saturated rings. The predicted molar refractivity (Wildman–Crippen MR) is 135 cm³/mol. The van der Waals surface area contributed by atoms with Crippen molar-refractivity contribution in [2.45, 2.75) is 0 Å². The number of aromatic nitrogens is 1. The fourth-order valence-electron chi connectivity index (χ4n) is 4.27. The van der Waals surface area contributed by atoms with Crippen LogP contribution in [0, 0.1) is 0 Å². The van der Waals surface area contributed by atoms with Crippen LogP contribution in [0.1, 0.15) is 0 Å². The van der Waals surface area contributed by atoms with E-state index in [1.54, 1.807) is 0 Å². The average molecular weight is 459 g/mol. The summed E-state index contributed by atoms with van der Waals surface area (Å²) in [6.45, 7) is 5.93. The first-order valence-electron chi connectivity index (χ1n) is 11.4. The zero-order chi connectivity index (χ0) is 22.5. The van der Waals surface area contributed by atoms with E-state index in [0.29, 0.717) is 5.02 Å². The van der Waals surface area contributed by atoms with Crippen molar-refractivity contribution in [2.24, 2.45) is 0 Å². The number of piperazine rings is 1. The molecule has 1 aliphatic heterocycles. The molecule has 2 heterocycles. The van der Waals surface area contributed by atoms with Gasteiger partial charge in [-0.2, -0.15) is 0 Å². The number of benzene rings is 3. The smallest absolute Gasteiger partial charge is 0.240 e. The highest BCUT2D eigenvalue weighted by Gasteiger charge is 2.25. The van der Waals surface area contributed by atoms with Gasteiger partial charge in [-0.25, -0.2) is 0 Å². The first kappa shape index (κ1) is 21.7. The van der Waals surface area contributed by atoms with Crippen LogP contribution in [0.15, 0.2) is 89.5 Å². The Labute approximate surface area is 199 Å². The fraction of sp³-hybridized carbons (Fsp3) is 0.222. The lowest BCUT2D eigenvalue weighted by Crippen LogP contribution is -2.45.